The highest BCUT2D eigenvalue weighted by Crippen LogP contribution is 2.27. The molecule has 0 radical (unpaired) electrons. The number of thioether (sulfide) groups is 1. The average molecular weight is 431 g/mol. The van der Waals surface area contributed by atoms with Crippen LogP contribution in [0.3, 0.4) is 0 Å². The second kappa shape index (κ2) is 9.15. The number of rotatable bonds is 8. The van der Waals surface area contributed by atoms with E-state index in [0.717, 1.165) is 0 Å². The predicted molar refractivity (Wildman–Crippen MR) is 116 cm³/mol. The van der Waals surface area contributed by atoms with Crippen molar-refractivity contribution < 1.29 is 14.3 Å². The third-order valence-corrected chi connectivity index (χ3v) is 5.45. The van der Waals surface area contributed by atoms with Gasteiger partial charge in [0.15, 0.2) is 10.9 Å². The minimum absolute atomic E-state index is 0.0887. The number of ketones is 1. The molecule has 6 nitrogen and oxygen atoms in total. The summed E-state index contributed by atoms with van der Waals surface area (Å²) in [6.45, 7) is 3.97. The number of fused-ring (bicyclic) bond motifs is 1. The number of carbonyl (C=O) groups is 1. The molecule has 0 saturated heterocycles. The molecule has 1 heterocycles. The average Bonchev–Trinajstić information content (AvgIpc) is 2.74. The largest absolute Gasteiger partial charge is 0.497 e. The Kier molecular flexibility index (Phi) is 6.61. The van der Waals surface area contributed by atoms with E-state index in [4.69, 9.17) is 21.1 Å². The van der Waals surface area contributed by atoms with Gasteiger partial charge < -0.3 is 9.47 Å². The summed E-state index contributed by atoms with van der Waals surface area (Å²) in [5, 5.41) is 1.32. The zero-order valence-corrected chi connectivity index (χ0v) is 17.5. The molecule has 0 aliphatic carbocycles. The summed E-state index contributed by atoms with van der Waals surface area (Å²) in [6, 6.07) is 9.97. The maximum Gasteiger partial charge on any atom is 0.262 e. The van der Waals surface area contributed by atoms with Crippen molar-refractivity contribution in [2.75, 3.05) is 20.0 Å². The molecule has 0 N–H and O–H groups in total. The van der Waals surface area contributed by atoms with Crippen LogP contribution in [0.25, 0.3) is 10.9 Å². The number of hydrogen-bond donors (Lipinski definition) is 0. The number of aromatic nitrogens is 2. The highest BCUT2D eigenvalue weighted by molar-refractivity contribution is 7.99. The normalized spacial score (nSPS) is 10.7. The summed E-state index contributed by atoms with van der Waals surface area (Å²) in [6.07, 6.45) is 1.61. The molecule has 0 atom stereocenters. The van der Waals surface area contributed by atoms with Crippen molar-refractivity contribution in [2.45, 2.75) is 11.7 Å². The Hall–Kier alpha value is -2.77. The quantitative estimate of drug-likeness (QED) is 0.230. The van der Waals surface area contributed by atoms with Crippen molar-refractivity contribution in [3.8, 4) is 11.5 Å². The molecule has 0 bridgehead atoms. The Morgan fingerprint density at radius 2 is 2.03 bits per heavy atom. The number of allylic oxidation sites excluding steroid dienone is 1. The lowest BCUT2D eigenvalue weighted by molar-refractivity contribution is 0.101. The minimum Gasteiger partial charge on any atom is -0.497 e. The number of benzene rings is 2. The van der Waals surface area contributed by atoms with Gasteiger partial charge >= 0.3 is 0 Å². The number of methoxy groups -OCH3 is 2. The van der Waals surface area contributed by atoms with Gasteiger partial charge in [0.05, 0.1) is 36.4 Å². The summed E-state index contributed by atoms with van der Waals surface area (Å²) in [5.41, 5.74) is 0.733. The smallest absolute Gasteiger partial charge is 0.262 e. The molecule has 0 saturated carbocycles. The fourth-order valence-corrected chi connectivity index (χ4v) is 3.87. The molecule has 3 aromatic rings. The van der Waals surface area contributed by atoms with E-state index in [1.807, 2.05) is 0 Å². The van der Waals surface area contributed by atoms with Gasteiger partial charge in [0.25, 0.3) is 5.56 Å². The van der Waals surface area contributed by atoms with Gasteiger partial charge in [-0.1, -0.05) is 29.4 Å². The van der Waals surface area contributed by atoms with Crippen LogP contribution in [0, 0.1) is 0 Å². The molecule has 0 unspecified atom stereocenters. The first-order chi connectivity index (χ1) is 14.0. The highest BCUT2D eigenvalue weighted by atomic mass is 35.5. The fourth-order valence-electron chi connectivity index (χ4n) is 2.81. The number of hydrogen-bond acceptors (Lipinski definition) is 6. The number of carbonyl (C=O) groups excluding carboxylic acids is 1. The van der Waals surface area contributed by atoms with E-state index in [2.05, 4.69) is 11.6 Å². The first-order valence-electron chi connectivity index (χ1n) is 8.67. The Labute approximate surface area is 177 Å². The van der Waals surface area contributed by atoms with Crippen molar-refractivity contribution >= 4 is 40.0 Å². The van der Waals surface area contributed by atoms with E-state index in [9.17, 15) is 9.59 Å². The van der Waals surface area contributed by atoms with Crippen LogP contribution in [-0.2, 0) is 6.54 Å². The van der Waals surface area contributed by atoms with E-state index in [1.165, 1.54) is 23.4 Å². The standard InChI is InChI=1S/C21H19ClN2O4S/c1-4-9-24-20(26)16-10-13(22)5-8-17(16)23-21(24)29-12-18(25)15-7-6-14(27-2)11-19(15)28-3/h4-8,10-11H,1,9,12H2,2-3H3. The number of nitrogens with zero attached hydrogens (tertiary/aromatic N) is 2. The molecule has 2 aromatic carbocycles. The third-order valence-electron chi connectivity index (χ3n) is 4.23. The van der Waals surface area contributed by atoms with Crippen LogP contribution in [-0.4, -0.2) is 35.3 Å². The summed E-state index contributed by atoms with van der Waals surface area (Å²) < 4.78 is 11.9. The number of Topliss-reactive ketones (excluding diaryl/α,β-unsaturated/α-hetero) is 1. The first kappa shape index (κ1) is 21.0. The summed E-state index contributed by atoms with van der Waals surface area (Å²) >= 11 is 7.20. The van der Waals surface area contributed by atoms with E-state index < -0.39 is 0 Å². The summed E-state index contributed by atoms with van der Waals surface area (Å²) in [5.74, 6) is 0.969. The molecule has 8 heteroatoms. The molecule has 150 valence electrons. The van der Waals surface area contributed by atoms with E-state index in [1.54, 1.807) is 49.6 Å². The first-order valence-corrected chi connectivity index (χ1v) is 10.0. The van der Waals surface area contributed by atoms with Crippen molar-refractivity contribution in [1.82, 2.24) is 9.55 Å². The zero-order chi connectivity index (χ0) is 21.0. The van der Waals surface area contributed by atoms with Crippen molar-refractivity contribution in [2.24, 2.45) is 0 Å². The predicted octanol–water partition coefficient (Wildman–Crippen LogP) is 4.23. The van der Waals surface area contributed by atoms with Gasteiger partial charge in [-0.15, -0.1) is 6.58 Å². The van der Waals surface area contributed by atoms with Crippen molar-refractivity contribution in [3.63, 3.8) is 0 Å². The number of halogens is 1. The second-order valence-corrected chi connectivity index (χ2v) is 7.42. The monoisotopic (exact) mass is 430 g/mol. The molecule has 0 spiro atoms. The van der Waals surface area contributed by atoms with Gasteiger partial charge in [0.2, 0.25) is 0 Å². The van der Waals surface area contributed by atoms with Crippen molar-refractivity contribution in [3.05, 3.63) is 70.0 Å². The summed E-state index contributed by atoms with van der Waals surface area (Å²) in [4.78, 5) is 30.2. The van der Waals surface area contributed by atoms with Crippen LogP contribution in [0.1, 0.15) is 10.4 Å². The second-order valence-electron chi connectivity index (χ2n) is 6.04. The van der Waals surface area contributed by atoms with Crippen LogP contribution in [0.5, 0.6) is 11.5 Å². The van der Waals surface area contributed by atoms with E-state index >= 15 is 0 Å². The van der Waals surface area contributed by atoms with Gasteiger partial charge in [-0.3, -0.25) is 14.2 Å². The molecule has 0 aliphatic heterocycles. The van der Waals surface area contributed by atoms with Gasteiger partial charge in [0, 0.05) is 17.6 Å². The fraction of sp³-hybridized carbons (Fsp3) is 0.190. The van der Waals surface area contributed by atoms with Gasteiger partial charge in [0.1, 0.15) is 11.5 Å². The third kappa shape index (κ3) is 4.46. The van der Waals surface area contributed by atoms with Gasteiger partial charge in [-0.2, -0.15) is 0 Å². The highest BCUT2D eigenvalue weighted by Gasteiger charge is 2.17. The molecule has 0 aliphatic rings. The Morgan fingerprint density at radius 1 is 1.24 bits per heavy atom. The SMILES string of the molecule is C=CCn1c(SCC(=O)c2ccc(OC)cc2OC)nc2ccc(Cl)cc2c1=O. The molecule has 1 aromatic heterocycles. The van der Waals surface area contributed by atoms with Crippen LogP contribution in [0.15, 0.2) is 59.0 Å². The lowest BCUT2D eigenvalue weighted by Gasteiger charge is -2.12. The molecule has 3 rings (SSSR count). The van der Waals surface area contributed by atoms with Crippen molar-refractivity contribution in [1.29, 1.82) is 0 Å². The lowest BCUT2D eigenvalue weighted by Crippen LogP contribution is -2.23. The zero-order valence-electron chi connectivity index (χ0n) is 16.0. The number of ether oxygens (including phenoxy) is 2. The lowest BCUT2D eigenvalue weighted by atomic mass is 10.1. The maximum absolute atomic E-state index is 12.9. The molecular weight excluding hydrogens is 412 g/mol. The Bertz CT molecular complexity index is 1140. The molecule has 0 fully saturated rings. The van der Waals surface area contributed by atoms with E-state index in [-0.39, 0.29) is 23.6 Å². The minimum atomic E-state index is -0.227. The Balaban J connectivity index is 1.93. The van der Waals surface area contributed by atoms with Crippen LogP contribution in [0.2, 0.25) is 5.02 Å². The Morgan fingerprint density at radius 3 is 2.72 bits per heavy atom. The molecule has 29 heavy (non-hydrogen) atoms. The summed E-state index contributed by atoms with van der Waals surface area (Å²) in [7, 11) is 3.04. The van der Waals surface area contributed by atoms with E-state index in [0.29, 0.717) is 38.1 Å². The van der Waals surface area contributed by atoms with Crippen LogP contribution in [0.4, 0.5) is 0 Å². The van der Waals surface area contributed by atoms with Gasteiger partial charge in [-0.05, 0) is 30.3 Å². The maximum atomic E-state index is 12.9. The molecule has 0 amide bonds. The topological polar surface area (TPSA) is 70.4 Å². The van der Waals surface area contributed by atoms with Crippen LogP contribution >= 0.6 is 23.4 Å². The molecular formula is C21H19ClN2O4S. The van der Waals surface area contributed by atoms with Gasteiger partial charge in [-0.25, -0.2) is 4.98 Å². The van der Waals surface area contributed by atoms with Crippen LogP contribution < -0.4 is 15.0 Å².